The summed E-state index contributed by atoms with van der Waals surface area (Å²) in [6.45, 7) is 3.23. The minimum atomic E-state index is -3.99. The number of benzene rings is 2. The van der Waals surface area contributed by atoms with Gasteiger partial charge in [-0.2, -0.15) is 0 Å². The van der Waals surface area contributed by atoms with E-state index in [2.05, 4.69) is 4.72 Å². The van der Waals surface area contributed by atoms with Crippen molar-refractivity contribution in [3.63, 3.8) is 0 Å². The number of ether oxygens (including phenoxy) is 2. The molecule has 0 radical (unpaired) electrons. The van der Waals surface area contributed by atoms with Crippen LogP contribution >= 0.6 is 0 Å². The standard InChI is InChI=1S/C17H20N2O6S/c1-11-5-6-13(19(20)21)9-17(11)26(22,23)18-12(2)15-10-14(24-3)7-8-16(15)25-4/h5-10,12,18H,1-4H3/t12-/m0/s1. The number of methoxy groups -OCH3 is 2. The zero-order valence-electron chi connectivity index (χ0n) is 14.8. The van der Waals surface area contributed by atoms with Crippen molar-refractivity contribution < 1.29 is 22.8 Å². The van der Waals surface area contributed by atoms with Crippen molar-refractivity contribution in [3.05, 3.63) is 57.6 Å². The topological polar surface area (TPSA) is 108 Å². The highest BCUT2D eigenvalue weighted by Gasteiger charge is 2.24. The molecule has 0 saturated heterocycles. The first-order valence-electron chi connectivity index (χ1n) is 7.69. The number of non-ortho nitro benzene ring substituents is 1. The first-order valence-corrected chi connectivity index (χ1v) is 9.17. The van der Waals surface area contributed by atoms with Gasteiger partial charge in [0.15, 0.2) is 0 Å². The van der Waals surface area contributed by atoms with E-state index in [1.54, 1.807) is 32.0 Å². The average Bonchev–Trinajstić information content (AvgIpc) is 2.60. The fraction of sp³-hybridized carbons (Fsp3) is 0.294. The van der Waals surface area contributed by atoms with Crippen LogP contribution in [0.2, 0.25) is 0 Å². The number of rotatable bonds is 7. The zero-order chi connectivity index (χ0) is 19.5. The van der Waals surface area contributed by atoms with Crippen molar-refractivity contribution >= 4 is 15.7 Å². The van der Waals surface area contributed by atoms with Crippen LogP contribution in [0.15, 0.2) is 41.3 Å². The third-order valence-electron chi connectivity index (χ3n) is 3.91. The van der Waals surface area contributed by atoms with Crippen LogP contribution in [-0.2, 0) is 10.0 Å². The lowest BCUT2D eigenvalue weighted by Gasteiger charge is -2.19. The van der Waals surface area contributed by atoms with E-state index < -0.39 is 21.0 Å². The van der Waals surface area contributed by atoms with E-state index in [1.165, 1.54) is 26.4 Å². The molecule has 1 N–H and O–H groups in total. The summed E-state index contributed by atoms with van der Waals surface area (Å²) in [4.78, 5) is 10.2. The van der Waals surface area contributed by atoms with Crippen LogP contribution in [0.3, 0.4) is 0 Å². The number of sulfonamides is 1. The SMILES string of the molecule is COc1ccc(OC)c([C@H](C)NS(=O)(=O)c2cc([N+](=O)[O-])ccc2C)c1. The molecule has 2 aromatic carbocycles. The van der Waals surface area contributed by atoms with Crippen LogP contribution in [0.5, 0.6) is 11.5 Å². The fourth-order valence-corrected chi connectivity index (χ4v) is 4.02. The Bertz CT molecular complexity index is 927. The lowest BCUT2D eigenvalue weighted by atomic mass is 10.1. The van der Waals surface area contributed by atoms with Crippen molar-refractivity contribution in [1.29, 1.82) is 0 Å². The molecular formula is C17H20N2O6S. The van der Waals surface area contributed by atoms with Crippen LogP contribution in [0.1, 0.15) is 24.1 Å². The smallest absolute Gasteiger partial charge is 0.270 e. The Morgan fingerprint density at radius 3 is 2.38 bits per heavy atom. The summed E-state index contributed by atoms with van der Waals surface area (Å²) in [6, 6.07) is 8.13. The van der Waals surface area contributed by atoms with Crippen molar-refractivity contribution in [2.75, 3.05) is 14.2 Å². The van der Waals surface area contributed by atoms with Gasteiger partial charge in [0.1, 0.15) is 11.5 Å². The Kier molecular flexibility index (Phi) is 5.83. The first-order chi connectivity index (χ1) is 12.2. The lowest BCUT2D eigenvalue weighted by Crippen LogP contribution is -2.28. The molecule has 9 heteroatoms. The maximum absolute atomic E-state index is 12.8. The predicted octanol–water partition coefficient (Wildman–Crippen LogP) is 2.96. The molecule has 8 nitrogen and oxygen atoms in total. The molecule has 2 aromatic rings. The molecule has 0 aromatic heterocycles. The number of hydrogen-bond donors (Lipinski definition) is 1. The maximum Gasteiger partial charge on any atom is 0.270 e. The molecule has 2 rings (SSSR count). The van der Waals surface area contributed by atoms with Gasteiger partial charge in [-0.25, -0.2) is 13.1 Å². The molecule has 0 aliphatic rings. The van der Waals surface area contributed by atoms with E-state index in [9.17, 15) is 18.5 Å². The minimum absolute atomic E-state index is 0.139. The first kappa shape index (κ1) is 19.7. The van der Waals surface area contributed by atoms with E-state index in [-0.39, 0.29) is 10.6 Å². The summed E-state index contributed by atoms with van der Waals surface area (Å²) in [5.74, 6) is 1.05. The summed E-state index contributed by atoms with van der Waals surface area (Å²) in [5, 5.41) is 10.9. The van der Waals surface area contributed by atoms with Gasteiger partial charge in [-0.3, -0.25) is 10.1 Å². The highest BCUT2D eigenvalue weighted by Crippen LogP contribution is 2.31. The van der Waals surface area contributed by atoms with Crippen molar-refractivity contribution in [2.45, 2.75) is 24.8 Å². The molecule has 0 aliphatic carbocycles. The number of aryl methyl sites for hydroxylation is 1. The molecule has 140 valence electrons. The molecule has 26 heavy (non-hydrogen) atoms. The molecule has 1 atom stereocenters. The molecular weight excluding hydrogens is 360 g/mol. The highest BCUT2D eigenvalue weighted by molar-refractivity contribution is 7.89. The number of nitro groups is 1. The van der Waals surface area contributed by atoms with E-state index in [1.807, 2.05) is 0 Å². The van der Waals surface area contributed by atoms with Gasteiger partial charge in [0.2, 0.25) is 10.0 Å². The third kappa shape index (κ3) is 4.12. The second-order valence-corrected chi connectivity index (χ2v) is 7.34. The van der Waals surface area contributed by atoms with Gasteiger partial charge in [-0.1, -0.05) is 6.07 Å². The quantitative estimate of drug-likeness (QED) is 0.584. The van der Waals surface area contributed by atoms with E-state index in [4.69, 9.17) is 9.47 Å². The van der Waals surface area contributed by atoms with Crippen LogP contribution in [0.4, 0.5) is 5.69 Å². The van der Waals surface area contributed by atoms with Crippen molar-refractivity contribution in [2.24, 2.45) is 0 Å². The Morgan fingerprint density at radius 2 is 1.81 bits per heavy atom. The summed E-state index contributed by atoms with van der Waals surface area (Å²) in [7, 11) is -1.000. The van der Waals surface area contributed by atoms with Crippen LogP contribution in [0.25, 0.3) is 0 Å². The van der Waals surface area contributed by atoms with Crippen LogP contribution < -0.4 is 14.2 Å². The van der Waals surface area contributed by atoms with Gasteiger partial charge in [-0.15, -0.1) is 0 Å². The number of nitrogens with one attached hydrogen (secondary N) is 1. The summed E-state index contributed by atoms with van der Waals surface area (Å²) in [6.07, 6.45) is 0. The van der Waals surface area contributed by atoms with Gasteiger partial charge in [0.05, 0.1) is 24.0 Å². The highest BCUT2D eigenvalue weighted by atomic mass is 32.2. The molecule has 0 amide bonds. The number of nitro benzene ring substituents is 1. The van der Waals surface area contributed by atoms with Gasteiger partial charge in [0, 0.05) is 23.7 Å². The van der Waals surface area contributed by atoms with Gasteiger partial charge < -0.3 is 9.47 Å². The normalized spacial score (nSPS) is 12.5. The van der Waals surface area contributed by atoms with Crippen LogP contribution in [0, 0.1) is 17.0 Å². The molecule has 0 spiro atoms. The van der Waals surface area contributed by atoms with Crippen molar-refractivity contribution in [3.8, 4) is 11.5 Å². The van der Waals surface area contributed by atoms with E-state index in [0.717, 1.165) is 6.07 Å². The third-order valence-corrected chi connectivity index (χ3v) is 5.59. The second-order valence-electron chi connectivity index (χ2n) is 5.66. The number of nitrogens with zero attached hydrogens (tertiary/aromatic N) is 1. The molecule has 0 aliphatic heterocycles. The van der Waals surface area contributed by atoms with Crippen molar-refractivity contribution in [1.82, 2.24) is 4.72 Å². The lowest BCUT2D eigenvalue weighted by molar-refractivity contribution is -0.385. The Hall–Kier alpha value is -2.65. The summed E-state index contributed by atoms with van der Waals surface area (Å²) < 4.78 is 38.5. The molecule has 0 unspecified atom stereocenters. The van der Waals surface area contributed by atoms with Gasteiger partial charge in [-0.05, 0) is 37.6 Å². The summed E-state index contributed by atoms with van der Waals surface area (Å²) in [5.41, 5.74) is 0.703. The molecule has 0 bridgehead atoms. The largest absolute Gasteiger partial charge is 0.497 e. The van der Waals surface area contributed by atoms with E-state index in [0.29, 0.717) is 22.6 Å². The Morgan fingerprint density at radius 1 is 1.12 bits per heavy atom. The predicted molar refractivity (Wildman–Crippen MR) is 96.1 cm³/mol. The monoisotopic (exact) mass is 380 g/mol. The van der Waals surface area contributed by atoms with E-state index >= 15 is 0 Å². The van der Waals surface area contributed by atoms with Gasteiger partial charge >= 0.3 is 0 Å². The Labute approximate surface area is 152 Å². The average molecular weight is 380 g/mol. The Balaban J connectivity index is 2.41. The van der Waals surface area contributed by atoms with Crippen LogP contribution in [-0.4, -0.2) is 27.6 Å². The van der Waals surface area contributed by atoms with Gasteiger partial charge in [0.25, 0.3) is 5.69 Å². The molecule has 0 saturated carbocycles. The minimum Gasteiger partial charge on any atom is -0.497 e. The summed E-state index contributed by atoms with van der Waals surface area (Å²) >= 11 is 0. The fourth-order valence-electron chi connectivity index (χ4n) is 2.53. The molecule has 0 fully saturated rings. The second kappa shape index (κ2) is 7.71. The zero-order valence-corrected chi connectivity index (χ0v) is 15.7. The maximum atomic E-state index is 12.8. The molecule has 0 heterocycles. The number of hydrogen-bond acceptors (Lipinski definition) is 6.